The first-order chi connectivity index (χ1) is 6.46. The third kappa shape index (κ3) is 2.25. The van der Waals surface area contributed by atoms with E-state index < -0.39 is 0 Å². The van der Waals surface area contributed by atoms with Crippen molar-refractivity contribution in [2.24, 2.45) is 5.41 Å². The predicted octanol–water partition coefficient (Wildman–Crippen LogP) is 4.44. The molecule has 0 fully saturated rings. The van der Waals surface area contributed by atoms with Gasteiger partial charge >= 0.3 is 0 Å². The van der Waals surface area contributed by atoms with E-state index in [9.17, 15) is 0 Å². The van der Waals surface area contributed by atoms with Gasteiger partial charge in [0, 0.05) is 0 Å². The van der Waals surface area contributed by atoms with E-state index in [4.69, 9.17) is 0 Å². The first kappa shape index (κ1) is 11.0. The molecule has 0 aliphatic rings. The number of benzene rings is 1. The van der Waals surface area contributed by atoms with E-state index in [0.717, 1.165) is 0 Å². The zero-order valence-electron chi connectivity index (χ0n) is 9.89. The lowest BCUT2D eigenvalue weighted by Crippen LogP contribution is -2.09. The monoisotopic (exact) mass is 188 g/mol. The highest BCUT2D eigenvalue weighted by molar-refractivity contribution is 5.71. The van der Waals surface area contributed by atoms with Gasteiger partial charge in [-0.3, -0.25) is 0 Å². The molecule has 0 saturated heterocycles. The minimum absolute atomic E-state index is 0.223. The van der Waals surface area contributed by atoms with Gasteiger partial charge in [-0.1, -0.05) is 51.1 Å². The van der Waals surface area contributed by atoms with Crippen molar-refractivity contribution in [2.75, 3.05) is 0 Å². The van der Waals surface area contributed by atoms with Crippen molar-refractivity contribution in [2.45, 2.75) is 34.6 Å². The van der Waals surface area contributed by atoms with E-state index in [1.807, 2.05) is 0 Å². The number of hydrogen-bond donors (Lipinski definition) is 0. The highest BCUT2D eigenvalue weighted by Crippen LogP contribution is 2.35. The number of hydrogen-bond acceptors (Lipinski definition) is 0. The van der Waals surface area contributed by atoms with Gasteiger partial charge in [-0.15, -0.1) is 0 Å². The third-order valence-corrected chi connectivity index (χ3v) is 2.53. The molecule has 0 saturated carbocycles. The van der Waals surface area contributed by atoms with Crippen LogP contribution < -0.4 is 0 Å². The molecule has 14 heavy (non-hydrogen) atoms. The van der Waals surface area contributed by atoms with Crippen molar-refractivity contribution in [3.63, 3.8) is 0 Å². The van der Waals surface area contributed by atoms with Crippen molar-refractivity contribution in [1.29, 1.82) is 0 Å². The van der Waals surface area contributed by atoms with Crippen LogP contribution in [0.5, 0.6) is 0 Å². The molecule has 0 radical (unpaired) electrons. The topological polar surface area (TPSA) is 0 Å². The molecular formula is C14H20. The highest BCUT2D eigenvalue weighted by Gasteiger charge is 2.18. The van der Waals surface area contributed by atoms with Gasteiger partial charge in [0.05, 0.1) is 0 Å². The Balaban J connectivity index is 3.23. The Bertz CT molecular complexity index is 337. The fraction of sp³-hybridized carbons (Fsp3) is 0.429. The largest absolute Gasteiger partial charge is 0.0833 e. The van der Waals surface area contributed by atoms with Crippen LogP contribution in [0.3, 0.4) is 0 Å². The van der Waals surface area contributed by atoms with Crippen LogP contribution in [0, 0.1) is 12.3 Å². The minimum atomic E-state index is 0.223. The lowest BCUT2D eigenvalue weighted by Gasteiger charge is -2.24. The van der Waals surface area contributed by atoms with E-state index in [1.165, 1.54) is 16.7 Å². The van der Waals surface area contributed by atoms with Crippen LogP contribution in [0.15, 0.2) is 30.3 Å². The predicted molar refractivity (Wildman–Crippen MR) is 64.3 cm³/mol. The molecule has 0 aliphatic heterocycles. The Morgan fingerprint density at radius 3 is 2.14 bits per heavy atom. The summed E-state index contributed by atoms with van der Waals surface area (Å²) in [4.78, 5) is 0. The standard InChI is InChI=1S/C14H20/c1-6-13(14(3,4)5)12-10-8-7-9-11(12)2/h6-10H,1-5H3/b13-6+. The van der Waals surface area contributed by atoms with Crippen LogP contribution in [0.25, 0.3) is 5.57 Å². The van der Waals surface area contributed by atoms with E-state index in [0.29, 0.717) is 0 Å². The van der Waals surface area contributed by atoms with E-state index >= 15 is 0 Å². The van der Waals surface area contributed by atoms with Gasteiger partial charge in [0.25, 0.3) is 0 Å². The van der Waals surface area contributed by atoms with Crippen molar-refractivity contribution in [1.82, 2.24) is 0 Å². The first-order valence-corrected chi connectivity index (χ1v) is 5.19. The molecule has 0 heteroatoms. The smallest absolute Gasteiger partial charge is 0.0129 e. The summed E-state index contributed by atoms with van der Waals surface area (Å²) < 4.78 is 0. The van der Waals surface area contributed by atoms with Crippen LogP contribution in [0.2, 0.25) is 0 Å². The highest BCUT2D eigenvalue weighted by atomic mass is 14.2. The Kier molecular flexibility index (Phi) is 3.15. The lowest BCUT2D eigenvalue weighted by molar-refractivity contribution is 0.566. The average Bonchev–Trinajstić information content (AvgIpc) is 2.07. The molecule has 0 bridgehead atoms. The molecule has 0 spiro atoms. The molecule has 0 N–H and O–H groups in total. The van der Waals surface area contributed by atoms with Crippen molar-refractivity contribution < 1.29 is 0 Å². The number of allylic oxidation sites excluding steroid dienone is 2. The minimum Gasteiger partial charge on any atom is -0.0833 e. The van der Waals surface area contributed by atoms with Crippen molar-refractivity contribution >= 4 is 5.57 Å². The average molecular weight is 188 g/mol. The molecule has 0 heterocycles. The Morgan fingerprint density at radius 2 is 1.71 bits per heavy atom. The van der Waals surface area contributed by atoms with Gasteiger partial charge in [0.15, 0.2) is 0 Å². The van der Waals surface area contributed by atoms with Crippen LogP contribution in [0.4, 0.5) is 0 Å². The van der Waals surface area contributed by atoms with Gasteiger partial charge in [-0.05, 0) is 36.0 Å². The van der Waals surface area contributed by atoms with Crippen LogP contribution >= 0.6 is 0 Å². The maximum absolute atomic E-state index is 2.26. The second-order valence-corrected chi connectivity index (χ2v) is 4.77. The molecule has 1 aromatic rings. The summed E-state index contributed by atoms with van der Waals surface area (Å²) >= 11 is 0. The first-order valence-electron chi connectivity index (χ1n) is 5.19. The fourth-order valence-corrected chi connectivity index (χ4v) is 1.87. The summed E-state index contributed by atoms with van der Waals surface area (Å²) in [5.41, 5.74) is 4.38. The molecular weight excluding hydrogens is 168 g/mol. The van der Waals surface area contributed by atoms with Gasteiger partial charge in [0.1, 0.15) is 0 Å². The molecule has 0 aliphatic carbocycles. The zero-order chi connectivity index (χ0) is 10.8. The van der Waals surface area contributed by atoms with Crippen molar-refractivity contribution in [3.8, 4) is 0 Å². The molecule has 0 nitrogen and oxygen atoms in total. The van der Waals surface area contributed by atoms with Gasteiger partial charge in [0.2, 0.25) is 0 Å². The maximum Gasteiger partial charge on any atom is -0.0129 e. The molecule has 0 aromatic heterocycles. The molecule has 0 atom stereocenters. The van der Waals surface area contributed by atoms with Gasteiger partial charge in [-0.25, -0.2) is 0 Å². The summed E-state index contributed by atoms with van der Waals surface area (Å²) in [5.74, 6) is 0. The Labute approximate surface area is 87.7 Å². The maximum atomic E-state index is 2.26. The lowest BCUT2D eigenvalue weighted by atomic mass is 9.80. The molecule has 0 amide bonds. The zero-order valence-corrected chi connectivity index (χ0v) is 9.89. The van der Waals surface area contributed by atoms with Crippen LogP contribution in [0.1, 0.15) is 38.8 Å². The molecule has 1 rings (SSSR count). The van der Waals surface area contributed by atoms with Gasteiger partial charge in [-0.2, -0.15) is 0 Å². The molecule has 76 valence electrons. The van der Waals surface area contributed by atoms with Crippen molar-refractivity contribution in [3.05, 3.63) is 41.5 Å². The van der Waals surface area contributed by atoms with Crippen LogP contribution in [-0.4, -0.2) is 0 Å². The SMILES string of the molecule is C/C=C(\c1ccccc1C)C(C)(C)C. The van der Waals surface area contributed by atoms with E-state index in [1.54, 1.807) is 0 Å². The Hall–Kier alpha value is -1.04. The molecule has 0 unspecified atom stereocenters. The summed E-state index contributed by atoms with van der Waals surface area (Å²) in [6, 6.07) is 8.58. The summed E-state index contributed by atoms with van der Waals surface area (Å²) in [5, 5.41) is 0. The number of rotatable bonds is 1. The second kappa shape index (κ2) is 4.00. The second-order valence-electron chi connectivity index (χ2n) is 4.77. The number of aryl methyl sites for hydroxylation is 1. The summed E-state index contributed by atoms with van der Waals surface area (Å²) in [6.45, 7) is 11.1. The fourth-order valence-electron chi connectivity index (χ4n) is 1.87. The third-order valence-electron chi connectivity index (χ3n) is 2.53. The quantitative estimate of drug-likeness (QED) is 0.611. The normalized spacial score (nSPS) is 13.1. The molecule has 1 aromatic carbocycles. The van der Waals surface area contributed by atoms with E-state index in [2.05, 4.69) is 65.0 Å². The van der Waals surface area contributed by atoms with Gasteiger partial charge < -0.3 is 0 Å². The summed E-state index contributed by atoms with van der Waals surface area (Å²) in [7, 11) is 0. The van der Waals surface area contributed by atoms with E-state index in [-0.39, 0.29) is 5.41 Å². The Morgan fingerprint density at radius 1 is 1.14 bits per heavy atom. The van der Waals surface area contributed by atoms with Crippen LogP contribution in [-0.2, 0) is 0 Å². The summed E-state index contributed by atoms with van der Waals surface area (Å²) in [6.07, 6.45) is 2.22.